The highest BCUT2D eigenvalue weighted by Crippen LogP contribution is 2.40. The van der Waals surface area contributed by atoms with E-state index in [1.807, 2.05) is 0 Å². The largest absolute Gasteiger partial charge is 0.258 e. The zero-order valence-corrected chi connectivity index (χ0v) is 7.80. The molecule has 1 aromatic rings. The number of hydrogen-bond acceptors (Lipinski definition) is 1. The third kappa shape index (κ3) is 1.50. The highest BCUT2D eigenvalue weighted by Gasteiger charge is 2.23. The second-order valence-corrected chi connectivity index (χ2v) is 3.66. The summed E-state index contributed by atoms with van der Waals surface area (Å²) in [7, 11) is 0. The molecule has 0 aliphatic heterocycles. The average Bonchev–Trinajstić information content (AvgIpc) is 2.85. The fourth-order valence-corrected chi connectivity index (χ4v) is 1.60. The van der Waals surface area contributed by atoms with Crippen LogP contribution >= 0.6 is 0 Å². The van der Waals surface area contributed by atoms with Crippen molar-refractivity contribution in [2.45, 2.75) is 39.0 Å². The first-order valence-electron chi connectivity index (χ1n) is 4.77. The van der Waals surface area contributed by atoms with Gasteiger partial charge >= 0.3 is 0 Å². The molecule has 1 nitrogen and oxygen atoms in total. The molecule has 0 spiro atoms. The van der Waals surface area contributed by atoms with Crippen LogP contribution in [0.25, 0.3) is 0 Å². The van der Waals surface area contributed by atoms with Gasteiger partial charge in [-0.05, 0) is 49.8 Å². The van der Waals surface area contributed by atoms with Crippen LogP contribution in [0.2, 0.25) is 0 Å². The molecule has 1 aromatic heterocycles. The Balaban J connectivity index is 2.34. The van der Waals surface area contributed by atoms with Crippen LogP contribution in [0, 0.1) is 6.92 Å². The Bertz CT molecular complexity index is 287. The molecule has 0 aromatic carbocycles. The van der Waals surface area contributed by atoms with Crippen molar-refractivity contribution in [3.63, 3.8) is 0 Å². The second-order valence-electron chi connectivity index (χ2n) is 3.66. The minimum absolute atomic E-state index is 0.858. The van der Waals surface area contributed by atoms with Crippen molar-refractivity contribution < 1.29 is 0 Å². The zero-order chi connectivity index (χ0) is 8.55. The van der Waals surface area contributed by atoms with Crippen molar-refractivity contribution in [2.24, 2.45) is 0 Å². The van der Waals surface area contributed by atoms with Crippen molar-refractivity contribution in [1.29, 1.82) is 0 Å². The Hall–Kier alpha value is -0.850. The number of nitrogens with zero attached hydrogens (tertiary/aromatic N) is 1. The van der Waals surface area contributed by atoms with Gasteiger partial charge < -0.3 is 0 Å². The smallest absolute Gasteiger partial charge is 0.0406 e. The van der Waals surface area contributed by atoms with Gasteiger partial charge in [0.2, 0.25) is 0 Å². The van der Waals surface area contributed by atoms with Gasteiger partial charge in [0.1, 0.15) is 0 Å². The van der Waals surface area contributed by atoms with E-state index in [2.05, 4.69) is 31.0 Å². The van der Waals surface area contributed by atoms with E-state index in [4.69, 9.17) is 0 Å². The lowest BCUT2D eigenvalue weighted by Crippen LogP contribution is -1.92. The Kier molecular flexibility index (Phi) is 1.87. The third-order valence-electron chi connectivity index (χ3n) is 2.44. The Morgan fingerprint density at radius 1 is 1.42 bits per heavy atom. The minimum atomic E-state index is 0.858. The number of hydrogen-bond donors (Lipinski definition) is 0. The minimum Gasteiger partial charge on any atom is -0.258 e. The second kappa shape index (κ2) is 2.89. The summed E-state index contributed by atoms with van der Waals surface area (Å²) in [6.45, 7) is 4.25. The van der Waals surface area contributed by atoms with Crippen molar-refractivity contribution in [3.05, 3.63) is 29.1 Å². The summed E-state index contributed by atoms with van der Waals surface area (Å²) >= 11 is 0. The highest BCUT2D eigenvalue weighted by atomic mass is 14.7. The monoisotopic (exact) mass is 161 g/mol. The van der Waals surface area contributed by atoms with Crippen LogP contribution in [0.15, 0.2) is 12.1 Å². The van der Waals surface area contributed by atoms with Crippen LogP contribution in [0.3, 0.4) is 0 Å². The summed E-state index contributed by atoms with van der Waals surface area (Å²) in [5.74, 6) is 0.858. The molecule has 12 heavy (non-hydrogen) atoms. The molecule has 64 valence electrons. The van der Waals surface area contributed by atoms with E-state index >= 15 is 0 Å². The van der Waals surface area contributed by atoms with Gasteiger partial charge in [-0.2, -0.15) is 0 Å². The molecule has 2 rings (SSSR count). The molecular weight excluding hydrogens is 146 g/mol. The summed E-state index contributed by atoms with van der Waals surface area (Å²) in [6.07, 6.45) is 3.82. The summed E-state index contributed by atoms with van der Waals surface area (Å²) in [5, 5.41) is 0. The fourth-order valence-electron chi connectivity index (χ4n) is 1.60. The predicted octanol–water partition coefficient (Wildman–Crippen LogP) is 2.83. The van der Waals surface area contributed by atoms with E-state index in [0.717, 1.165) is 12.3 Å². The molecule has 0 bridgehead atoms. The number of aryl methyl sites for hydroxylation is 2. The molecule has 0 amide bonds. The average molecular weight is 161 g/mol. The molecular formula is C11H15N. The predicted molar refractivity (Wildman–Crippen MR) is 50.3 cm³/mol. The third-order valence-corrected chi connectivity index (χ3v) is 2.44. The lowest BCUT2D eigenvalue weighted by Gasteiger charge is -2.03. The van der Waals surface area contributed by atoms with E-state index in [1.54, 1.807) is 0 Å². The van der Waals surface area contributed by atoms with Crippen LogP contribution in [0.5, 0.6) is 0 Å². The topological polar surface area (TPSA) is 12.9 Å². The summed E-state index contributed by atoms with van der Waals surface area (Å²) in [6, 6.07) is 4.50. The molecule has 0 radical (unpaired) electrons. The molecule has 1 heterocycles. The van der Waals surface area contributed by atoms with E-state index < -0.39 is 0 Å². The normalized spacial score (nSPS) is 16.5. The van der Waals surface area contributed by atoms with E-state index in [-0.39, 0.29) is 0 Å². The maximum Gasteiger partial charge on any atom is 0.0406 e. The molecule has 0 saturated heterocycles. The first kappa shape index (κ1) is 7.78. The summed E-state index contributed by atoms with van der Waals surface area (Å²) in [4.78, 5) is 4.46. The van der Waals surface area contributed by atoms with Gasteiger partial charge in [-0.1, -0.05) is 6.92 Å². The Labute approximate surface area is 73.8 Å². The van der Waals surface area contributed by atoms with Crippen LogP contribution in [0.1, 0.15) is 42.6 Å². The lowest BCUT2D eigenvalue weighted by atomic mass is 10.1. The number of aromatic nitrogens is 1. The van der Waals surface area contributed by atoms with Crippen LogP contribution in [0.4, 0.5) is 0 Å². The van der Waals surface area contributed by atoms with Crippen molar-refractivity contribution >= 4 is 0 Å². The molecule has 1 heteroatoms. The van der Waals surface area contributed by atoms with E-state index in [0.29, 0.717) is 0 Å². The molecule has 1 aliphatic rings. The molecule has 1 saturated carbocycles. The Morgan fingerprint density at radius 2 is 2.17 bits per heavy atom. The quantitative estimate of drug-likeness (QED) is 0.650. The van der Waals surface area contributed by atoms with E-state index in [1.165, 1.54) is 29.8 Å². The maximum atomic E-state index is 4.46. The molecule has 0 N–H and O–H groups in total. The number of pyridine rings is 1. The van der Waals surface area contributed by atoms with Gasteiger partial charge in [-0.15, -0.1) is 0 Å². The van der Waals surface area contributed by atoms with Gasteiger partial charge in [0.15, 0.2) is 0 Å². The van der Waals surface area contributed by atoms with Gasteiger partial charge in [0.05, 0.1) is 0 Å². The first-order chi connectivity index (χ1) is 5.79. The number of rotatable bonds is 2. The molecule has 0 atom stereocenters. The van der Waals surface area contributed by atoms with Crippen molar-refractivity contribution in [3.8, 4) is 0 Å². The maximum absolute atomic E-state index is 4.46. The molecule has 0 unspecified atom stereocenters. The van der Waals surface area contributed by atoms with Gasteiger partial charge in [-0.3, -0.25) is 4.98 Å². The summed E-state index contributed by atoms with van der Waals surface area (Å²) < 4.78 is 0. The van der Waals surface area contributed by atoms with Crippen LogP contribution < -0.4 is 0 Å². The SMILES string of the molecule is CCc1cc(C2CC2)cc(C)n1. The molecule has 1 fully saturated rings. The van der Waals surface area contributed by atoms with Crippen molar-refractivity contribution in [1.82, 2.24) is 4.98 Å². The van der Waals surface area contributed by atoms with Gasteiger partial charge in [0.25, 0.3) is 0 Å². The Morgan fingerprint density at radius 3 is 2.75 bits per heavy atom. The van der Waals surface area contributed by atoms with Crippen LogP contribution in [-0.4, -0.2) is 4.98 Å². The van der Waals surface area contributed by atoms with Gasteiger partial charge in [-0.25, -0.2) is 0 Å². The first-order valence-corrected chi connectivity index (χ1v) is 4.77. The van der Waals surface area contributed by atoms with Gasteiger partial charge in [0, 0.05) is 11.4 Å². The summed E-state index contributed by atoms with van der Waals surface area (Å²) in [5.41, 5.74) is 3.94. The standard InChI is InChI=1S/C11H15N/c1-3-11-7-10(9-4-5-9)6-8(2)12-11/h6-7,9H,3-5H2,1-2H3. The highest BCUT2D eigenvalue weighted by molar-refractivity contribution is 5.27. The zero-order valence-electron chi connectivity index (χ0n) is 7.80. The van der Waals surface area contributed by atoms with Crippen molar-refractivity contribution in [2.75, 3.05) is 0 Å². The lowest BCUT2D eigenvalue weighted by molar-refractivity contribution is 0.974. The fraction of sp³-hybridized carbons (Fsp3) is 0.545. The van der Waals surface area contributed by atoms with E-state index in [9.17, 15) is 0 Å². The molecule has 1 aliphatic carbocycles. The van der Waals surface area contributed by atoms with Crippen LogP contribution in [-0.2, 0) is 6.42 Å².